The maximum absolute atomic E-state index is 10.9. The molecule has 0 radical (unpaired) electrons. The summed E-state index contributed by atoms with van der Waals surface area (Å²) in [5, 5.41) is 6.47. The van der Waals surface area contributed by atoms with Crippen LogP contribution < -0.4 is 10.3 Å². The van der Waals surface area contributed by atoms with Gasteiger partial charge in [0.05, 0.1) is 16.4 Å². The molecule has 1 atom stereocenters. The van der Waals surface area contributed by atoms with Gasteiger partial charge >= 0.3 is 0 Å². The Balaban J connectivity index is 2.43. The average Bonchev–Trinajstić information content (AvgIpc) is 2.32. The van der Waals surface area contributed by atoms with E-state index in [1.807, 2.05) is 0 Å². The molecule has 1 aromatic carbocycles. The van der Waals surface area contributed by atoms with Gasteiger partial charge in [-0.25, -0.2) is 9.31 Å². The second kappa shape index (κ2) is 5.30. The first kappa shape index (κ1) is 12.7. The number of halogens is 1. The summed E-state index contributed by atoms with van der Waals surface area (Å²) in [5.41, 5.74) is 1.19. The van der Waals surface area contributed by atoms with Crippen molar-refractivity contribution in [1.82, 2.24) is 10.2 Å². The molecule has 94 valence electrons. The highest BCUT2D eigenvalue weighted by Gasteiger charge is 2.06. The molecule has 0 bridgehead atoms. The first-order valence-corrected chi connectivity index (χ1v) is 6.28. The minimum atomic E-state index is -2.21. The summed E-state index contributed by atoms with van der Waals surface area (Å²) < 4.78 is 21.7. The average molecular weight is 286 g/mol. The van der Waals surface area contributed by atoms with Gasteiger partial charge in [-0.1, -0.05) is 17.7 Å². The Hall–Kier alpha value is -1.70. The molecule has 0 aliphatic heterocycles. The number of anilines is 1. The summed E-state index contributed by atoms with van der Waals surface area (Å²) in [6.45, 7) is 0. The van der Waals surface area contributed by atoms with E-state index in [0.29, 0.717) is 22.0 Å². The Morgan fingerprint density at radius 1 is 1.33 bits per heavy atom. The monoisotopic (exact) mass is 285 g/mol. The predicted molar refractivity (Wildman–Crippen MR) is 69.7 cm³/mol. The lowest BCUT2D eigenvalue weighted by molar-refractivity contribution is 0.570. The van der Waals surface area contributed by atoms with Gasteiger partial charge in [0.15, 0.2) is 0 Å². The van der Waals surface area contributed by atoms with Gasteiger partial charge in [0.2, 0.25) is 0 Å². The number of hydrogen-bond acceptors (Lipinski definition) is 3. The van der Waals surface area contributed by atoms with Crippen LogP contribution in [0.3, 0.4) is 0 Å². The number of rotatable bonds is 3. The summed E-state index contributed by atoms with van der Waals surface area (Å²) in [6, 6.07) is 7.71. The Morgan fingerprint density at radius 3 is 2.72 bits per heavy atom. The van der Waals surface area contributed by atoms with Crippen molar-refractivity contribution in [3.63, 3.8) is 0 Å². The van der Waals surface area contributed by atoms with E-state index in [-0.39, 0.29) is 5.56 Å². The number of hydrogen-bond donors (Lipinski definition) is 3. The van der Waals surface area contributed by atoms with Crippen LogP contribution in [-0.4, -0.2) is 19.0 Å². The molecule has 2 rings (SSSR count). The third-order valence-electron chi connectivity index (χ3n) is 2.14. The van der Waals surface area contributed by atoms with Gasteiger partial charge in [0.1, 0.15) is 0 Å². The molecule has 8 heteroatoms. The topological polar surface area (TPSA) is 95.1 Å². The number of nitrogens with one attached hydrogen (secondary N) is 2. The molecule has 0 amide bonds. The highest BCUT2D eigenvalue weighted by molar-refractivity contribution is 7.80. The molecular weight excluding hydrogens is 278 g/mol. The SMILES string of the molecule is O=c1ccc(-c2ccc(Cl)c(NS(=O)O)c2)n[nH]1. The lowest BCUT2D eigenvalue weighted by Gasteiger charge is -2.06. The van der Waals surface area contributed by atoms with E-state index in [1.165, 1.54) is 6.07 Å². The Bertz CT molecular complexity index is 639. The van der Waals surface area contributed by atoms with E-state index in [1.54, 1.807) is 24.3 Å². The van der Waals surface area contributed by atoms with E-state index in [2.05, 4.69) is 14.9 Å². The number of aromatic nitrogens is 2. The summed E-state index contributed by atoms with van der Waals surface area (Å²) in [6.07, 6.45) is 0. The number of benzene rings is 1. The Morgan fingerprint density at radius 2 is 2.11 bits per heavy atom. The van der Waals surface area contributed by atoms with Crippen molar-refractivity contribution in [3.05, 3.63) is 45.7 Å². The molecule has 3 N–H and O–H groups in total. The lowest BCUT2D eigenvalue weighted by Crippen LogP contribution is -2.06. The van der Waals surface area contributed by atoms with Crippen LogP contribution in [0.25, 0.3) is 11.3 Å². The first-order valence-electron chi connectivity index (χ1n) is 4.79. The molecule has 2 aromatic rings. The van der Waals surface area contributed by atoms with Gasteiger partial charge in [-0.15, -0.1) is 0 Å². The fraction of sp³-hybridized carbons (Fsp3) is 0. The minimum Gasteiger partial charge on any atom is -0.289 e. The highest BCUT2D eigenvalue weighted by Crippen LogP contribution is 2.27. The first-order chi connectivity index (χ1) is 8.56. The van der Waals surface area contributed by atoms with Gasteiger partial charge < -0.3 is 0 Å². The zero-order chi connectivity index (χ0) is 13.1. The fourth-order valence-electron chi connectivity index (χ4n) is 1.36. The fourth-order valence-corrected chi connectivity index (χ4v) is 1.94. The second-order valence-electron chi connectivity index (χ2n) is 3.35. The quantitative estimate of drug-likeness (QED) is 0.747. The van der Waals surface area contributed by atoms with Gasteiger partial charge in [0.25, 0.3) is 16.8 Å². The lowest BCUT2D eigenvalue weighted by atomic mass is 10.1. The molecule has 0 aliphatic rings. The molecule has 18 heavy (non-hydrogen) atoms. The van der Waals surface area contributed by atoms with Crippen LogP contribution in [0.4, 0.5) is 5.69 Å². The van der Waals surface area contributed by atoms with E-state index in [4.69, 9.17) is 16.2 Å². The maximum atomic E-state index is 10.9. The van der Waals surface area contributed by atoms with Gasteiger partial charge in [-0.05, 0) is 18.2 Å². The van der Waals surface area contributed by atoms with Gasteiger partial charge in [0, 0.05) is 11.6 Å². The van der Waals surface area contributed by atoms with E-state index < -0.39 is 11.3 Å². The van der Waals surface area contributed by atoms with Crippen molar-refractivity contribution < 1.29 is 8.76 Å². The van der Waals surface area contributed by atoms with Gasteiger partial charge in [-0.3, -0.25) is 14.1 Å². The summed E-state index contributed by atoms with van der Waals surface area (Å²) in [4.78, 5) is 10.9. The zero-order valence-corrected chi connectivity index (χ0v) is 10.5. The van der Waals surface area contributed by atoms with Gasteiger partial charge in [-0.2, -0.15) is 5.10 Å². The summed E-state index contributed by atoms with van der Waals surface area (Å²) in [7, 11) is 0. The normalized spacial score (nSPS) is 12.1. The largest absolute Gasteiger partial charge is 0.289 e. The van der Waals surface area contributed by atoms with E-state index in [0.717, 1.165) is 0 Å². The molecule has 0 fully saturated rings. The second-order valence-corrected chi connectivity index (χ2v) is 4.46. The number of nitrogens with zero attached hydrogens (tertiary/aromatic N) is 1. The van der Waals surface area contributed by atoms with Crippen molar-refractivity contribution in [1.29, 1.82) is 0 Å². The summed E-state index contributed by atoms with van der Waals surface area (Å²) >= 11 is 3.66. The third kappa shape index (κ3) is 2.95. The van der Waals surface area contributed by atoms with Crippen molar-refractivity contribution in [2.24, 2.45) is 0 Å². The molecule has 0 saturated heterocycles. The van der Waals surface area contributed by atoms with Crippen molar-refractivity contribution in [2.45, 2.75) is 0 Å². The molecule has 6 nitrogen and oxygen atoms in total. The van der Waals surface area contributed by atoms with Crippen molar-refractivity contribution in [2.75, 3.05) is 4.72 Å². The van der Waals surface area contributed by atoms with E-state index in [9.17, 15) is 9.00 Å². The van der Waals surface area contributed by atoms with Crippen LogP contribution in [0.2, 0.25) is 5.02 Å². The molecule has 0 spiro atoms. The summed E-state index contributed by atoms with van der Waals surface area (Å²) in [5.74, 6) is 0. The number of aromatic amines is 1. The third-order valence-corrected chi connectivity index (χ3v) is 2.86. The molecule has 1 unspecified atom stereocenters. The predicted octanol–water partition coefficient (Wildman–Crippen LogP) is 1.64. The van der Waals surface area contributed by atoms with Crippen LogP contribution >= 0.6 is 11.6 Å². The molecule has 0 saturated carbocycles. The van der Waals surface area contributed by atoms with E-state index >= 15 is 0 Å². The van der Waals surface area contributed by atoms with Crippen molar-refractivity contribution >= 4 is 28.6 Å². The van der Waals surface area contributed by atoms with Crippen molar-refractivity contribution in [3.8, 4) is 11.3 Å². The maximum Gasteiger partial charge on any atom is 0.264 e. The molecule has 0 aliphatic carbocycles. The van der Waals surface area contributed by atoms with Crippen LogP contribution in [0.5, 0.6) is 0 Å². The Labute approximate surface area is 109 Å². The molecule has 1 aromatic heterocycles. The van der Waals surface area contributed by atoms with Crippen LogP contribution in [0.1, 0.15) is 0 Å². The van der Waals surface area contributed by atoms with Crippen LogP contribution in [0, 0.1) is 0 Å². The zero-order valence-electron chi connectivity index (χ0n) is 8.88. The molecular formula is C10H8ClN3O3S. The van der Waals surface area contributed by atoms with Crippen LogP contribution in [0.15, 0.2) is 35.1 Å². The Kier molecular flexibility index (Phi) is 3.75. The standard InChI is InChI=1S/C10H8ClN3O3S/c11-7-2-1-6(5-9(7)14-18(16)17)8-3-4-10(15)13-12-8/h1-5,14H,(H,13,15)(H,16,17). The smallest absolute Gasteiger partial charge is 0.264 e. The number of H-pyrrole nitrogens is 1. The molecule has 1 heterocycles. The highest BCUT2D eigenvalue weighted by atomic mass is 35.5. The van der Waals surface area contributed by atoms with Crippen LogP contribution in [-0.2, 0) is 11.3 Å². The minimum absolute atomic E-state index is 0.303.